The van der Waals surface area contributed by atoms with Crippen molar-refractivity contribution in [2.45, 2.75) is 32.5 Å². The predicted octanol–water partition coefficient (Wildman–Crippen LogP) is 4.20. The Kier molecular flexibility index (Phi) is 7.34. The van der Waals surface area contributed by atoms with E-state index in [4.69, 9.17) is 9.47 Å². The highest BCUT2D eigenvalue weighted by Crippen LogP contribution is 2.12. The van der Waals surface area contributed by atoms with Crippen LogP contribution in [-0.4, -0.2) is 11.9 Å². The molecule has 0 spiro atoms. The van der Waals surface area contributed by atoms with Crippen molar-refractivity contribution in [3.05, 3.63) is 70.8 Å². The third kappa shape index (κ3) is 6.73. The van der Waals surface area contributed by atoms with E-state index in [1.807, 2.05) is 0 Å². The Morgan fingerprint density at radius 1 is 0.667 bits per heavy atom. The molecule has 0 radical (unpaired) electrons. The molecular weight excluding hydrogens is 368 g/mol. The molecule has 0 saturated heterocycles. The fourth-order valence-electron chi connectivity index (χ4n) is 2.11. The zero-order chi connectivity index (χ0) is 19.8. The number of benzene rings is 2. The molecule has 0 bridgehead atoms. The molecule has 8 heteroatoms. The van der Waals surface area contributed by atoms with E-state index in [9.17, 15) is 27.2 Å². The lowest BCUT2D eigenvalue weighted by molar-refractivity contribution is -0.146. The molecular formula is C19H16F4O4. The third-order valence-electron chi connectivity index (χ3n) is 3.53. The largest absolute Gasteiger partial charge is 0.461 e. The number of carbonyl (C=O) groups is 2. The van der Waals surface area contributed by atoms with E-state index in [-0.39, 0.29) is 32.5 Å². The van der Waals surface area contributed by atoms with Gasteiger partial charge in [-0.25, -0.2) is 17.6 Å². The Morgan fingerprint density at radius 2 is 1.07 bits per heavy atom. The molecule has 0 atom stereocenters. The van der Waals surface area contributed by atoms with Crippen molar-refractivity contribution >= 4 is 11.9 Å². The van der Waals surface area contributed by atoms with Crippen molar-refractivity contribution in [2.75, 3.05) is 0 Å². The van der Waals surface area contributed by atoms with E-state index >= 15 is 0 Å². The zero-order valence-electron chi connectivity index (χ0n) is 14.1. The van der Waals surface area contributed by atoms with Crippen LogP contribution in [-0.2, 0) is 32.3 Å². The van der Waals surface area contributed by atoms with Crippen molar-refractivity contribution in [3.8, 4) is 0 Å². The van der Waals surface area contributed by atoms with Crippen LogP contribution in [0.15, 0.2) is 36.4 Å². The van der Waals surface area contributed by atoms with Crippen LogP contribution < -0.4 is 0 Å². The first kappa shape index (κ1) is 20.4. The summed E-state index contributed by atoms with van der Waals surface area (Å²) in [5, 5.41) is 0. The number of carbonyl (C=O) groups excluding carboxylic acids is 2. The molecule has 4 nitrogen and oxygen atoms in total. The maximum Gasteiger partial charge on any atom is 0.306 e. The average molecular weight is 384 g/mol. The van der Waals surface area contributed by atoms with Gasteiger partial charge in [0.1, 0.15) is 13.2 Å². The molecule has 144 valence electrons. The van der Waals surface area contributed by atoms with Gasteiger partial charge in [-0.2, -0.15) is 0 Å². The molecule has 0 aliphatic heterocycles. The number of esters is 2. The Morgan fingerprint density at radius 3 is 1.44 bits per heavy atom. The van der Waals surface area contributed by atoms with Gasteiger partial charge in [-0.15, -0.1) is 0 Å². The van der Waals surface area contributed by atoms with Gasteiger partial charge in [0.15, 0.2) is 23.3 Å². The Bertz CT molecular complexity index is 756. The SMILES string of the molecule is O=C(CCCC(=O)OCc1ccc(F)c(F)c1)OCc1ccc(F)c(F)c1. The number of ether oxygens (including phenoxy) is 2. The van der Waals surface area contributed by atoms with E-state index < -0.39 is 35.2 Å². The maximum absolute atomic E-state index is 13.0. The number of halogens is 4. The first-order chi connectivity index (χ1) is 12.8. The standard InChI is InChI=1S/C19H16F4O4/c20-14-6-4-12(8-16(14)22)10-26-18(24)2-1-3-19(25)27-11-13-5-7-15(21)17(23)9-13/h4-9H,1-3,10-11H2. The summed E-state index contributed by atoms with van der Waals surface area (Å²) in [6.45, 7) is -0.423. The second-order valence-electron chi connectivity index (χ2n) is 5.67. The monoisotopic (exact) mass is 384 g/mol. The number of rotatable bonds is 8. The van der Waals surface area contributed by atoms with Gasteiger partial charge in [0.25, 0.3) is 0 Å². The molecule has 2 aromatic rings. The predicted molar refractivity (Wildman–Crippen MR) is 86.2 cm³/mol. The Balaban J connectivity index is 1.64. The molecule has 0 aliphatic rings. The zero-order valence-corrected chi connectivity index (χ0v) is 14.1. The fourth-order valence-corrected chi connectivity index (χ4v) is 2.11. The Labute approximate surface area is 152 Å². The lowest BCUT2D eigenvalue weighted by Crippen LogP contribution is -2.08. The quantitative estimate of drug-likeness (QED) is 0.506. The average Bonchev–Trinajstić information content (AvgIpc) is 2.63. The highest BCUT2D eigenvalue weighted by atomic mass is 19.2. The molecule has 0 heterocycles. The van der Waals surface area contributed by atoms with Crippen molar-refractivity contribution in [1.82, 2.24) is 0 Å². The van der Waals surface area contributed by atoms with Crippen LogP contribution in [0, 0.1) is 23.3 Å². The third-order valence-corrected chi connectivity index (χ3v) is 3.53. The van der Waals surface area contributed by atoms with Crippen LogP contribution in [0.3, 0.4) is 0 Å². The van der Waals surface area contributed by atoms with Gasteiger partial charge in [-0.05, 0) is 41.8 Å². The second kappa shape index (κ2) is 9.70. The summed E-state index contributed by atoms with van der Waals surface area (Å²) < 4.78 is 61.4. The van der Waals surface area contributed by atoms with Crippen LogP contribution >= 0.6 is 0 Å². The summed E-state index contributed by atoms with van der Waals surface area (Å²) in [6.07, 6.45) is 0.0289. The minimum atomic E-state index is -1.03. The summed E-state index contributed by atoms with van der Waals surface area (Å²) in [5.41, 5.74) is 0.598. The van der Waals surface area contributed by atoms with E-state index in [2.05, 4.69) is 0 Å². The normalized spacial score (nSPS) is 10.5. The van der Waals surface area contributed by atoms with Crippen LogP contribution in [0.5, 0.6) is 0 Å². The summed E-state index contributed by atoms with van der Waals surface area (Å²) in [5.74, 6) is -5.26. The van der Waals surface area contributed by atoms with E-state index in [1.54, 1.807) is 0 Å². The van der Waals surface area contributed by atoms with Gasteiger partial charge in [0, 0.05) is 12.8 Å². The molecule has 2 rings (SSSR count). The molecule has 0 aliphatic carbocycles. The lowest BCUT2D eigenvalue weighted by atomic mass is 10.2. The maximum atomic E-state index is 13.0. The van der Waals surface area contributed by atoms with Gasteiger partial charge in [0.2, 0.25) is 0 Å². The molecule has 0 saturated carbocycles. The van der Waals surface area contributed by atoms with Gasteiger partial charge < -0.3 is 9.47 Å². The van der Waals surface area contributed by atoms with E-state index in [0.29, 0.717) is 11.1 Å². The van der Waals surface area contributed by atoms with Crippen molar-refractivity contribution in [2.24, 2.45) is 0 Å². The lowest BCUT2D eigenvalue weighted by Gasteiger charge is -2.07. The minimum absolute atomic E-state index is 0.0655. The van der Waals surface area contributed by atoms with Gasteiger partial charge in [0.05, 0.1) is 0 Å². The summed E-state index contributed by atoms with van der Waals surface area (Å²) in [6, 6.07) is 6.31. The molecule has 0 N–H and O–H groups in total. The summed E-state index contributed by atoms with van der Waals surface area (Å²) in [4.78, 5) is 23.2. The van der Waals surface area contributed by atoms with Gasteiger partial charge in [-0.1, -0.05) is 12.1 Å². The highest BCUT2D eigenvalue weighted by Gasteiger charge is 2.10. The number of hydrogen-bond acceptors (Lipinski definition) is 4. The molecule has 0 amide bonds. The van der Waals surface area contributed by atoms with Gasteiger partial charge in [-0.3, -0.25) is 9.59 Å². The summed E-state index contributed by atoms with van der Waals surface area (Å²) in [7, 11) is 0. The summed E-state index contributed by atoms with van der Waals surface area (Å²) >= 11 is 0. The molecule has 27 heavy (non-hydrogen) atoms. The van der Waals surface area contributed by atoms with Crippen molar-refractivity contribution in [3.63, 3.8) is 0 Å². The fraction of sp³-hybridized carbons (Fsp3) is 0.263. The molecule has 2 aromatic carbocycles. The van der Waals surface area contributed by atoms with Gasteiger partial charge >= 0.3 is 11.9 Å². The van der Waals surface area contributed by atoms with E-state index in [1.165, 1.54) is 12.1 Å². The van der Waals surface area contributed by atoms with Crippen LogP contribution in [0.25, 0.3) is 0 Å². The van der Waals surface area contributed by atoms with Crippen molar-refractivity contribution < 1.29 is 36.6 Å². The molecule has 0 unspecified atom stereocenters. The van der Waals surface area contributed by atoms with Crippen molar-refractivity contribution in [1.29, 1.82) is 0 Å². The first-order valence-electron chi connectivity index (χ1n) is 8.04. The van der Waals surface area contributed by atoms with Crippen LogP contribution in [0.2, 0.25) is 0 Å². The van der Waals surface area contributed by atoms with E-state index in [0.717, 1.165) is 24.3 Å². The molecule has 0 aromatic heterocycles. The van der Waals surface area contributed by atoms with Crippen LogP contribution in [0.4, 0.5) is 17.6 Å². The van der Waals surface area contributed by atoms with Crippen LogP contribution in [0.1, 0.15) is 30.4 Å². The Hall–Kier alpha value is -2.90. The highest BCUT2D eigenvalue weighted by molar-refractivity contribution is 5.72. The minimum Gasteiger partial charge on any atom is -0.461 e. The smallest absolute Gasteiger partial charge is 0.306 e. The number of hydrogen-bond donors (Lipinski definition) is 0. The first-order valence-corrected chi connectivity index (χ1v) is 8.04. The molecule has 0 fully saturated rings. The second-order valence-corrected chi connectivity index (χ2v) is 5.67. The topological polar surface area (TPSA) is 52.6 Å².